The van der Waals surface area contributed by atoms with E-state index in [4.69, 9.17) is 0 Å². The number of hydrogen-bond acceptors (Lipinski definition) is 2. The Bertz CT molecular complexity index is 792. The molecule has 1 heterocycles. The van der Waals surface area contributed by atoms with Crippen molar-refractivity contribution in [1.82, 2.24) is 0 Å². The number of nitrogens with zero attached hydrogens (tertiary/aromatic N) is 1. The average molecular weight is 320 g/mol. The third-order valence-electron chi connectivity index (χ3n) is 4.53. The van der Waals surface area contributed by atoms with Crippen molar-refractivity contribution in [2.24, 2.45) is 0 Å². The van der Waals surface area contributed by atoms with E-state index in [9.17, 15) is 4.79 Å². The maximum atomic E-state index is 12.2. The first-order valence-corrected chi connectivity index (χ1v) is 8.43. The number of rotatable bonds is 3. The number of hydrogen-bond donors (Lipinski definition) is 1. The quantitative estimate of drug-likeness (QED) is 0.853. The average Bonchev–Trinajstić information content (AvgIpc) is 2.56. The van der Waals surface area contributed by atoms with Gasteiger partial charge in [-0.25, -0.2) is 0 Å². The van der Waals surface area contributed by atoms with Crippen molar-refractivity contribution in [2.45, 2.75) is 26.7 Å². The Kier molecular flexibility index (Phi) is 4.70. The van der Waals surface area contributed by atoms with Crippen LogP contribution in [0.3, 0.4) is 0 Å². The lowest BCUT2D eigenvalue weighted by Gasteiger charge is -2.27. The summed E-state index contributed by atoms with van der Waals surface area (Å²) in [7, 11) is 2.13. The van der Waals surface area contributed by atoms with Crippen molar-refractivity contribution in [3.63, 3.8) is 0 Å². The fourth-order valence-electron chi connectivity index (χ4n) is 3.13. The molecular weight excluding hydrogens is 296 g/mol. The second kappa shape index (κ2) is 6.91. The molecule has 3 nitrogen and oxygen atoms in total. The third-order valence-corrected chi connectivity index (χ3v) is 4.53. The molecule has 3 rings (SSSR count). The molecule has 0 spiro atoms. The summed E-state index contributed by atoms with van der Waals surface area (Å²) in [6.07, 6.45) is 5.78. The molecule has 0 saturated heterocycles. The maximum absolute atomic E-state index is 12.2. The zero-order valence-corrected chi connectivity index (χ0v) is 14.6. The lowest BCUT2D eigenvalue weighted by Crippen LogP contribution is -2.24. The Balaban J connectivity index is 1.71. The topological polar surface area (TPSA) is 32.3 Å². The number of anilines is 2. The molecule has 2 aromatic rings. The second-order valence-electron chi connectivity index (χ2n) is 6.55. The molecule has 0 aromatic heterocycles. The summed E-state index contributed by atoms with van der Waals surface area (Å²) in [5.74, 6) is -0.0986. The van der Waals surface area contributed by atoms with Gasteiger partial charge in [0, 0.05) is 31.0 Å². The summed E-state index contributed by atoms with van der Waals surface area (Å²) in [5, 5.41) is 2.96. The number of carbonyl (C=O) groups is 1. The first-order chi connectivity index (χ1) is 11.5. The number of nitrogens with one attached hydrogen (secondary N) is 1. The number of benzene rings is 2. The van der Waals surface area contributed by atoms with Gasteiger partial charge >= 0.3 is 0 Å². The first-order valence-electron chi connectivity index (χ1n) is 8.43. The summed E-state index contributed by atoms with van der Waals surface area (Å²) < 4.78 is 0. The molecule has 0 aliphatic carbocycles. The Morgan fingerprint density at radius 2 is 2.00 bits per heavy atom. The van der Waals surface area contributed by atoms with Crippen LogP contribution in [-0.4, -0.2) is 19.5 Å². The monoisotopic (exact) mass is 320 g/mol. The Hall–Kier alpha value is -2.55. The highest BCUT2D eigenvalue weighted by Gasteiger charge is 2.13. The fraction of sp³-hybridized carbons (Fsp3) is 0.286. The molecule has 0 fully saturated rings. The van der Waals surface area contributed by atoms with Gasteiger partial charge in [-0.3, -0.25) is 4.79 Å². The van der Waals surface area contributed by atoms with Crippen molar-refractivity contribution in [2.75, 3.05) is 23.8 Å². The summed E-state index contributed by atoms with van der Waals surface area (Å²) >= 11 is 0. The summed E-state index contributed by atoms with van der Waals surface area (Å²) in [6.45, 7) is 5.13. The molecule has 1 N–H and O–H groups in total. The molecule has 124 valence electrons. The minimum atomic E-state index is -0.0986. The predicted octanol–water partition coefficient (Wildman–Crippen LogP) is 4.34. The van der Waals surface area contributed by atoms with E-state index in [0.717, 1.165) is 35.3 Å². The standard InChI is InChI=1S/C21H24N2O/c1-15-6-7-16(2)19(13-15)22-21(24)11-9-17-8-10-20-18(14-17)5-4-12-23(20)3/h6-11,13-14H,4-5,12H2,1-3H3,(H,22,24). The SMILES string of the molecule is Cc1ccc(C)c(NC(=O)C=Cc2ccc3c(c2)CCCN3C)c1. The summed E-state index contributed by atoms with van der Waals surface area (Å²) in [5.41, 5.74) is 6.81. The molecule has 0 bridgehead atoms. The van der Waals surface area contributed by atoms with Gasteiger partial charge in [-0.2, -0.15) is 0 Å². The van der Waals surface area contributed by atoms with Gasteiger partial charge in [0.1, 0.15) is 0 Å². The van der Waals surface area contributed by atoms with Crippen LogP contribution < -0.4 is 10.2 Å². The molecule has 0 saturated carbocycles. The predicted molar refractivity (Wildman–Crippen MR) is 102 cm³/mol. The molecule has 0 unspecified atom stereocenters. The highest BCUT2D eigenvalue weighted by Crippen LogP contribution is 2.27. The van der Waals surface area contributed by atoms with Gasteiger partial charge in [-0.05, 0) is 73.2 Å². The minimum Gasteiger partial charge on any atom is -0.374 e. The van der Waals surface area contributed by atoms with E-state index >= 15 is 0 Å². The maximum Gasteiger partial charge on any atom is 0.248 e. The van der Waals surface area contributed by atoms with Gasteiger partial charge in [-0.1, -0.05) is 18.2 Å². The van der Waals surface area contributed by atoms with E-state index < -0.39 is 0 Å². The van der Waals surface area contributed by atoms with Crippen LogP contribution in [0.2, 0.25) is 0 Å². The van der Waals surface area contributed by atoms with Crippen molar-refractivity contribution in [3.05, 3.63) is 64.7 Å². The van der Waals surface area contributed by atoms with E-state index in [1.165, 1.54) is 17.7 Å². The van der Waals surface area contributed by atoms with Crippen molar-refractivity contribution in [3.8, 4) is 0 Å². The lowest BCUT2D eigenvalue weighted by atomic mass is 9.99. The summed E-state index contributed by atoms with van der Waals surface area (Å²) in [6, 6.07) is 12.5. The van der Waals surface area contributed by atoms with Crippen LogP contribution >= 0.6 is 0 Å². The van der Waals surface area contributed by atoms with Gasteiger partial charge in [0.05, 0.1) is 0 Å². The highest BCUT2D eigenvalue weighted by molar-refractivity contribution is 6.02. The Labute approximate surface area is 144 Å². The number of fused-ring (bicyclic) bond motifs is 1. The van der Waals surface area contributed by atoms with E-state index in [2.05, 4.69) is 35.5 Å². The number of amides is 1. The summed E-state index contributed by atoms with van der Waals surface area (Å²) in [4.78, 5) is 14.5. The van der Waals surface area contributed by atoms with Gasteiger partial charge in [0.15, 0.2) is 0 Å². The smallest absolute Gasteiger partial charge is 0.248 e. The number of carbonyl (C=O) groups excluding carboxylic acids is 1. The van der Waals surface area contributed by atoms with Crippen LogP contribution in [0.5, 0.6) is 0 Å². The van der Waals surface area contributed by atoms with E-state index in [-0.39, 0.29) is 5.91 Å². The normalized spacial score (nSPS) is 13.9. The van der Waals surface area contributed by atoms with Crippen LogP contribution in [0.4, 0.5) is 11.4 Å². The van der Waals surface area contributed by atoms with Gasteiger partial charge in [0.2, 0.25) is 5.91 Å². The highest BCUT2D eigenvalue weighted by atomic mass is 16.1. The third kappa shape index (κ3) is 3.67. The van der Waals surface area contributed by atoms with Crippen molar-refractivity contribution in [1.29, 1.82) is 0 Å². The van der Waals surface area contributed by atoms with Crippen LogP contribution in [-0.2, 0) is 11.2 Å². The van der Waals surface area contributed by atoms with Crippen molar-refractivity contribution < 1.29 is 4.79 Å². The Morgan fingerprint density at radius 1 is 1.17 bits per heavy atom. The van der Waals surface area contributed by atoms with Crippen LogP contribution in [0.1, 0.15) is 28.7 Å². The first kappa shape index (κ1) is 16.3. The molecule has 0 atom stereocenters. The fourth-order valence-corrected chi connectivity index (χ4v) is 3.13. The van der Waals surface area contributed by atoms with Gasteiger partial charge in [-0.15, -0.1) is 0 Å². The van der Waals surface area contributed by atoms with Crippen LogP contribution in [0.15, 0.2) is 42.5 Å². The lowest BCUT2D eigenvalue weighted by molar-refractivity contribution is -0.111. The molecule has 24 heavy (non-hydrogen) atoms. The zero-order chi connectivity index (χ0) is 17.1. The molecule has 3 heteroatoms. The van der Waals surface area contributed by atoms with Crippen molar-refractivity contribution >= 4 is 23.4 Å². The van der Waals surface area contributed by atoms with Crippen LogP contribution in [0.25, 0.3) is 6.08 Å². The van der Waals surface area contributed by atoms with Gasteiger partial charge < -0.3 is 10.2 Å². The van der Waals surface area contributed by atoms with E-state index in [1.54, 1.807) is 6.08 Å². The van der Waals surface area contributed by atoms with E-state index in [1.807, 2.05) is 38.1 Å². The molecule has 0 radical (unpaired) electrons. The van der Waals surface area contributed by atoms with Gasteiger partial charge in [0.25, 0.3) is 0 Å². The minimum absolute atomic E-state index is 0.0986. The van der Waals surface area contributed by atoms with Crippen LogP contribution in [0, 0.1) is 13.8 Å². The molecule has 2 aromatic carbocycles. The Morgan fingerprint density at radius 3 is 2.83 bits per heavy atom. The zero-order valence-electron chi connectivity index (χ0n) is 14.6. The number of aryl methyl sites for hydroxylation is 3. The largest absolute Gasteiger partial charge is 0.374 e. The molecule has 1 aliphatic rings. The molecule has 1 aliphatic heterocycles. The molecular formula is C21H24N2O. The molecule has 1 amide bonds. The second-order valence-corrected chi connectivity index (χ2v) is 6.55. The van der Waals surface area contributed by atoms with E-state index in [0.29, 0.717) is 0 Å².